The number of hydrogen-bond acceptors (Lipinski definition) is 6. The highest BCUT2D eigenvalue weighted by atomic mass is 32.1. The number of hydrogen-bond donors (Lipinski definition) is 2. The van der Waals surface area contributed by atoms with E-state index in [4.69, 9.17) is 9.47 Å². The number of nitrogens with zero attached hydrogens (tertiary/aromatic N) is 1. The van der Waals surface area contributed by atoms with Crippen LogP contribution < -0.4 is 5.32 Å². The van der Waals surface area contributed by atoms with Crippen LogP contribution >= 0.6 is 11.3 Å². The third-order valence-electron chi connectivity index (χ3n) is 2.73. The normalized spacial score (nSPS) is 14.6. The van der Waals surface area contributed by atoms with Crippen molar-refractivity contribution in [3.8, 4) is 0 Å². The van der Waals surface area contributed by atoms with Gasteiger partial charge in [-0.2, -0.15) is 0 Å². The summed E-state index contributed by atoms with van der Waals surface area (Å²) in [5, 5.41) is 14.2. The summed E-state index contributed by atoms with van der Waals surface area (Å²) < 4.78 is 10.1. The fourth-order valence-corrected chi connectivity index (χ4v) is 2.73. The number of ether oxygens (including phenoxy) is 2. The second-order valence-corrected chi connectivity index (χ2v) is 5.77. The Morgan fingerprint density at radius 2 is 2.11 bits per heavy atom. The molecule has 0 saturated heterocycles. The molecule has 2 N–H and O–H groups in total. The maximum Gasteiger partial charge on any atom is 0.0900 e. The molecule has 0 radical (unpaired) electrons. The Hall–Kier alpha value is -0.530. The van der Waals surface area contributed by atoms with Crippen molar-refractivity contribution in [2.45, 2.75) is 32.9 Å². The first-order valence-electron chi connectivity index (χ1n) is 6.46. The van der Waals surface area contributed by atoms with Crippen LogP contribution in [0.2, 0.25) is 0 Å². The topological polar surface area (TPSA) is 63.6 Å². The number of aliphatic hydroxyl groups is 1. The lowest BCUT2D eigenvalue weighted by Gasteiger charge is -2.16. The van der Waals surface area contributed by atoms with Gasteiger partial charge in [0.25, 0.3) is 0 Å². The van der Waals surface area contributed by atoms with E-state index in [1.165, 1.54) is 4.88 Å². The molecule has 0 fully saturated rings. The monoisotopic (exact) mass is 288 g/mol. The second-order valence-electron chi connectivity index (χ2n) is 4.53. The maximum atomic E-state index is 9.78. The van der Waals surface area contributed by atoms with Crippen LogP contribution in [-0.2, 0) is 9.47 Å². The highest BCUT2D eigenvalue weighted by Gasteiger charge is 2.14. The van der Waals surface area contributed by atoms with Gasteiger partial charge < -0.3 is 19.9 Å². The SMILES string of the molecule is COCCOCC(O)CNC(C)c1sc(C)nc1C. The number of nitrogens with one attached hydrogen (secondary N) is 1. The quantitative estimate of drug-likeness (QED) is 0.673. The summed E-state index contributed by atoms with van der Waals surface area (Å²) in [7, 11) is 1.63. The zero-order valence-corrected chi connectivity index (χ0v) is 12.9. The molecule has 1 aromatic heterocycles. The molecule has 6 heteroatoms. The molecule has 0 spiro atoms. The Morgan fingerprint density at radius 1 is 1.37 bits per heavy atom. The third kappa shape index (κ3) is 5.97. The number of thiazole rings is 1. The number of aromatic nitrogens is 1. The van der Waals surface area contributed by atoms with Gasteiger partial charge in [-0.05, 0) is 20.8 Å². The Bertz CT molecular complexity index is 371. The summed E-state index contributed by atoms with van der Waals surface area (Å²) in [5.74, 6) is 0. The molecule has 0 saturated carbocycles. The number of rotatable bonds is 9. The van der Waals surface area contributed by atoms with Crippen molar-refractivity contribution in [2.24, 2.45) is 0 Å². The first-order chi connectivity index (χ1) is 9.04. The summed E-state index contributed by atoms with van der Waals surface area (Å²) >= 11 is 1.70. The smallest absolute Gasteiger partial charge is 0.0900 e. The average molecular weight is 288 g/mol. The molecule has 1 aromatic rings. The Morgan fingerprint density at radius 3 is 2.68 bits per heavy atom. The summed E-state index contributed by atoms with van der Waals surface area (Å²) in [5.41, 5.74) is 1.06. The molecule has 1 rings (SSSR count). The van der Waals surface area contributed by atoms with Crippen LogP contribution in [0.1, 0.15) is 28.5 Å². The molecule has 0 aliphatic heterocycles. The van der Waals surface area contributed by atoms with Crippen LogP contribution in [-0.4, -0.2) is 49.7 Å². The number of aryl methyl sites for hydroxylation is 2. The average Bonchev–Trinajstić information content (AvgIpc) is 2.71. The third-order valence-corrected chi connectivity index (χ3v) is 3.99. The second kappa shape index (κ2) is 8.60. The molecular weight excluding hydrogens is 264 g/mol. The van der Waals surface area contributed by atoms with Crippen molar-refractivity contribution >= 4 is 11.3 Å². The molecule has 110 valence electrons. The highest BCUT2D eigenvalue weighted by Crippen LogP contribution is 2.24. The lowest BCUT2D eigenvalue weighted by molar-refractivity contribution is 0.0131. The molecule has 2 atom stereocenters. The van der Waals surface area contributed by atoms with E-state index in [0.717, 1.165) is 10.7 Å². The summed E-state index contributed by atoms with van der Waals surface area (Å²) in [6, 6.07) is 0.194. The van der Waals surface area contributed by atoms with Crippen molar-refractivity contribution in [1.82, 2.24) is 10.3 Å². The van der Waals surface area contributed by atoms with Crippen LogP contribution in [0.3, 0.4) is 0 Å². The standard InChI is InChI=1S/C13H24N2O3S/c1-9(13-10(2)15-11(3)19-13)14-7-12(16)8-18-6-5-17-4/h9,12,14,16H,5-8H2,1-4H3. The molecule has 0 aliphatic rings. The van der Waals surface area contributed by atoms with Crippen molar-refractivity contribution in [3.05, 3.63) is 15.6 Å². The fourth-order valence-electron chi connectivity index (χ4n) is 1.77. The van der Waals surface area contributed by atoms with E-state index in [1.54, 1.807) is 18.4 Å². The number of aliphatic hydroxyl groups excluding tert-OH is 1. The Labute approximate surface area is 119 Å². The summed E-state index contributed by atoms with van der Waals surface area (Å²) in [4.78, 5) is 5.63. The summed E-state index contributed by atoms with van der Waals surface area (Å²) in [6.45, 7) is 7.99. The lowest BCUT2D eigenvalue weighted by atomic mass is 10.2. The van der Waals surface area contributed by atoms with Crippen LogP contribution in [0.15, 0.2) is 0 Å². The van der Waals surface area contributed by atoms with Crippen molar-refractivity contribution < 1.29 is 14.6 Å². The van der Waals surface area contributed by atoms with Crippen LogP contribution in [0, 0.1) is 13.8 Å². The minimum atomic E-state index is -0.506. The van der Waals surface area contributed by atoms with Gasteiger partial charge in [0.05, 0.1) is 36.6 Å². The molecule has 0 aliphatic carbocycles. The van der Waals surface area contributed by atoms with Crippen molar-refractivity contribution in [2.75, 3.05) is 33.5 Å². The molecule has 0 aromatic carbocycles. The molecule has 0 bridgehead atoms. The highest BCUT2D eigenvalue weighted by molar-refractivity contribution is 7.11. The zero-order valence-electron chi connectivity index (χ0n) is 12.1. The van der Waals surface area contributed by atoms with Gasteiger partial charge in [0.1, 0.15) is 0 Å². The molecule has 0 amide bonds. The van der Waals surface area contributed by atoms with E-state index < -0.39 is 6.10 Å². The first-order valence-corrected chi connectivity index (χ1v) is 7.28. The minimum Gasteiger partial charge on any atom is -0.389 e. The van der Waals surface area contributed by atoms with Crippen LogP contribution in [0.5, 0.6) is 0 Å². The maximum absolute atomic E-state index is 9.78. The zero-order chi connectivity index (χ0) is 14.3. The summed E-state index contributed by atoms with van der Waals surface area (Å²) in [6.07, 6.45) is -0.506. The molecule has 2 unspecified atom stereocenters. The van der Waals surface area contributed by atoms with Crippen molar-refractivity contribution in [1.29, 1.82) is 0 Å². The Balaban J connectivity index is 2.26. The largest absolute Gasteiger partial charge is 0.389 e. The number of methoxy groups -OCH3 is 1. The molecular formula is C13H24N2O3S. The Kier molecular flexibility index (Phi) is 7.48. The fraction of sp³-hybridized carbons (Fsp3) is 0.769. The minimum absolute atomic E-state index is 0.194. The van der Waals surface area contributed by atoms with E-state index in [2.05, 4.69) is 17.2 Å². The molecule has 1 heterocycles. The van der Waals surface area contributed by atoms with Gasteiger partial charge in [0.15, 0.2) is 0 Å². The lowest BCUT2D eigenvalue weighted by Crippen LogP contribution is -2.32. The van der Waals surface area contributed by atoms with Gasteiger partial charge in [-0.3, -0.25) is 0 Å². The predicted octanol–water partition coefficient (Wildman–Crippen LogP) is 1.43. The van der Waals surface area contributed by atoms with Crippen LogP contribution in [0.4, 0.5) is 0 Å². The van der Waals surface area contributed by atoms with E-state index in [1.807, 2.05) is 13.8 Å². The van der Waals surface area contributed by atoms with Gasteiger partial charge in [0.2, 0.25) is 0 Å². The van der Waals surface area contributed by atoms with Crippen LogP contribution in [0.25, 0.3) is 0 Å². The van der Waals surface area contributed by atoms with Gasteiger partial charge in [-0.1, -0.05) is 0 Å². The van der Waals surface area contributed by atoms with E-state index in [-0.39, 0.29) is 6.04 Å². The van der Waals surface area contributed by atoms with Gasteiger partial charge in [-0.15, -0.1) is 11.3 Å². The molecule has 5 nitrogen and oxygen atoms in total. The predicted molar refractivity (Wildman–Crippen MR) is 76.7 cm³/mol. The van der Waals surface area contributed by atoms with Gasteiger partial charge in [-0.25, -0.2) is 4.98 Å². The van der Waals surface area contributed by atoms with E-state index >= 15 is 0 Å². The van der Waals surface area contributed by atoms with Gasteiger partial charge in [0, 0.05) is 24.6 Å². The first kappa shape index (κ1) is 16.5. The van der Waals surface area contributed by atoms with Crippen molar-refractivity contribution in [3.63, 3.8) is 0 Å². The van der Waals surface area contributed by atoms with Gasteiger partial charge >= 0.3 is 0 Å². The van der Waals surface area contributed by atoms with E-state index in [9.17, 15) is 5.11 Å². The van der Waals surface area contributed by atoms with E-state index in [0.29, 0.717) is 26.4 Å². The molecule has 19 heavy (non-hydrogen) atoms.